The van der Waals surface area contributed by atoms with Crippen LogP contribution in [0, 0.1) is 5.92 Å². The SMILES string of the molecule is CCC(CC1CC1)NC(C)c1ccc(C(C)(C)C)cc1. The Morgan fingerprint density at radius 3 is 2.20 bits per heavy atom. The van der Waals surface area contributed by atoms with Crippen molar-refractivity contribution < 1.29 is 0 Å². The number of nitrogens with one attached hydrogen (secondary N) is 1. The maximum Gasteiger partial charge on any atom is 0.0294 e. The van der Waals surface area contributed by atoms with Crippen LogP contribution < -0.4 is 5.32 Å². The molecule has 0 amide bonds. The van der Waals surface area contributed by atoms with Gasteiger partial charge < -0.3 is 5.32 Å². The number of hydrogen-bond acceptors (Lipinski definition) is 1. The summed E-state index contributed by atoms with van der Waals surface area (Å²) >= 11 is 0. The molecular weight excluding hydrogens is 242 g/mol. The van der Waals surface area contributed by atoms with Crippen LogP contribution in [0.1, 0.15) is 77.5 Å². The highest BCUT2D eigenvalue weighted by atomic mass is 14.9. The predicted molar refractivity (Wildman–Crippen MR) is 88.1 cm³/mol. The zero-order chi connectivity index (χ0) is 14.8. The summed E-state index contributed by atoms with van der Waals surface area (Å²) < 4.78 is 0. The van der Waals surface area contributed by atoms with Crippen molar-refractivity contribution in [3.63, 3.8) is 0 Å². The molecule has 0 radical (unpaired) electrons. The van der Waals surface area contributed by atoms with E-state index >= 15 is 0 Å². The minimum absolute atomic E-state index is 0.243. The van der Waals surface area contributed by atoms with Crippen molar-refractivity contribution in [3.8, 4) is 0 Å². The maximum absolute atomic E-state index is 3.81. The Hall–Kier alpha value is -0.820. The summed E-state index contributed by atoms with van der Waals surface area (Å²) in [7, 11) is 0. The van der Waals surface area contributed by atoms with Crippen LogP contribution in [-0.4, -0.2) is 6.04 Å². The van der Waals surface area contributed by atoms with Gasteiger partial charge in [-0.15, -0.1) is 0 Å². The van der Waals surface area contributed by atoms with E-state index in [1.54, 1.807) is 0 Å². The van der Waals surface area contributed by atoms with Crippen LogP contribution in [0.2, 0.25) is 0 Å². The summed E-state index contributed by atoms with van der Waals surface area (Å²) in [5.74, 6) is 1.00. The quantitative estimate of drug-likeness (QED) is 0.750. The van der Waals surface area contributed by atoms with Gasteiger partial charge >= 0.3 is 0 Å². The lowest BCUT2D eigenvalue weighted by Gasteiger charge is -2.24. The van der Waals surface area contributed by atoms with E-state index in [2.05, 4.69) is 64.2 Å². The Morgan fingerprint density at radius 2 is 1.75 bits per heavy atom. The van der Waals surface area contributed by atoms with Gasteiger partial charge in [-0.25, -0.2) is 0 Å². The fourth-order valence-electron chi connectivity index (χ4n) is 2.83. The molecule has 0 saturated heterocycles. The zero-order valence-corrected chi connectivity index (χ0v) is 13.9. The first-order valence-electron chi connectivity index (χ1n) is 8.26. The third kappa shape index (κ3) is 4.34. The van der Waals surface area contributed by atoms with Crippen LogP contribution in [0.5, 0.6) is 0 Å². The van der Waals surface area contributed by atoms with Crippen molar-refractivity contribution in [1.29, 1.82) is 0 Å². The van der Waals surface area contributed by atoms with Crippen LogP contribution in [0.3, 0.4) is 0 Å². The van der Waals surface area contributed by atoms with E-state index in [1.807, 2.05) is 0 Å². The zero-order valence-electron chi connectivity index (χ0n) is 13.9. The molecule has 1 heteroatoms. The van der Waals surface area contributed by atoms with Gasteiger partial charge in [0.15, 0.2) is 0 Å². The van der Waals surface area contributed by atoms with Crippen molar-refractivity contribution in [2.45, 2.75) is 77.8 Å². The average molecular weight is 273 g/mol. The van der Waals surface area contributed by atoms with E-state index in [-0.39, 0.29) is 5.41 Å². The third-order valence-corrected chi connectivity index (χ3v) is 4.57. The van der Waals surface area contributed by atoms with Gasteiger partial charge in [-0.2, -0.15) is 0 Å². The van der Waals surface area contributed by atoms with Gasteiger partial charge in [0, 0.05) is 12.1 Å². The molecule has 1 aromatic carbocycles. The molecule has 2 atom stereocenters. The Morgan fingerprint density at radius 1 is 1.15 bits per heavy atom. The number of hydrogen-bond donors (Lipinski definition) is 1. The second-order valence-electron chi connectivity index (χ2n) is 7.54. The summed E-state index contributed by atoms with van der Waals surface area (Å²) in [6.07, 6.45) is 5.50. The molecule has 112 valence electrons. The molecule has 0 aromatic heterocycles. The van der Waals surface area contributed by atoms with E-state index in [4.69, 9.17) is 0 Å². The van der Waals surface area contributed by atoms with Crippen molar-refractivity contribution in [3.05, 3.63) is 35.4 Å². The Bertz CT molecular complexity index is 408. The van der Waals surface area contributed by atoms with Crippen molar-refractivity contribution in [1.82, 2.24) is 5.32 Å². The van der Waals surface area contributed by atoms with Crippen LogP contribution >= 0.6 is 0 Å². The van der Waals surface area contributed by atoms with Gasteiger partial charge in [0.25, 0.3) is 0 Å². The molecule has 1 N–H and O–H groups in total. The predicted octanol–water partition coefficient (Wildman–Crippen LogP) is 5.21. The molecule has 0 bridgehead atoms. The molecule has 2 rings (SSSR count). The van der Waals surface area contributed by atoms with Gasteiger partial charge in [0.1, 0.15) is 0 Å². The topological polar surface area (TPSA) is 12.0 Å². The highest BCUT2D eigenvalue weighted by molar-refractivity contribution is 5.29. The van der Waals surface area contributed by atoms with Crippen molar-refractivity contribution in [2.75, 3.05) is 0 Å². The minimum Gasteiger partial charge on any atom is -0.307 e. The van der Waals surface area contributed by atoms with E-state index in [0.717, 1.165) is 5.92 Å². The fourth-order valence-corrected chi connectivity index (χ4v) is 2.83. The van der Waals surface area contributed by atoms with Crippen LogP contribution in [-0.2, 0) is 5.41 Å². The molecule has 1 aliphatic carbocycles. The standard InChI is InChI=1S/C19H31N/c1-6-18(13-15-7-8-15)20-14(2)16-9-11-17(12-10-16)19(3,4)5/h9-12,14-15,18,20H,6-8,13H2,1-5H3. The highest BCUT2D eigenvalue weighted by Gasteiger charge is 2.25. The molecule has 20 heavy (non-hydrogen) atoms. The molecule has 2 unspecified atom stereocenters. The average Bonchev–Trinajstić information content (AvgIpc) is 3.21. The molecule has 0 spiro atoms. The number of rotatable bonds is 6. The van der Waals surface area contributed by atoms with E-state index in [1.165, 1.54) is 36.8 Å². The maximum atomic E-state index is 3.81. The monoisotopic (exact) mass is 273 g/mol. The van der Waals surface area contributed by atoms with Crippen molar-refractivity contribution in [2.24, 2.45) is 5.92 Å². The van der Waals surface area contributed by atoms with Gasteiger partial charge in [-0.3, -0.25) is 0 Å². The first-order chi connectivity index (χ1) is 9.40. The summed E-state index contributed by atoms with van der Waals surface area (Å²) in [5, 5.41) is 3.81. The van der Waals surface area contributed by atoms with Crippen LogP contribution in [0.4, 0.5) is 0 Å². The Kier molecular flexibility index (Phi) is 4.90. The van der Waals surface area contributed by atoms with Gasteiger partial charge in [0.05, 0.1) is 0 Å². The lowest BCUT2D eigenvalue weighted by atomic mass is 9.86. The lowest BCUT2D eigenvalue weighted by molar-refractivity contribution is 0.404. The molecule has 0 heterocycles. The Labute approximate surface area is 125 Å². The molecule has 1 nitrogen and oxygen atoms in total. The lowest BCUT2D eigenvalue weighted by Crippen LogP contribution is -2.31. The molecule has 1 aliphatic rings. The molecule has 1 saturated carbocycles. The highest BCUT2D eigenvalue weighted by Crippen LogP contribution is 2.34. The molecular formula is C19H31N. The van der Waals surface area contributed by atoms with Gasteiger partial charge in [0.2, 0.25) is 0 Å². The fraction of sp³-hybridized carbons (Fsp3) is 0.684. The minimum atomic E-state index is 0.243. The number of benzene rings is 1. The van der Waals surface area contributed by atoms with Gasteiger partial charge in [-0.1, -0.05) is 64.8 Å². The largest absolute Gasteiger partial charge is 0.307 e. The smallest absolute Gasteiger partial charge is 0.0294 e. The van der Waals surface area contributed by atoms with E-state index in [0.29, 0.717) is 12.1 Å². The van der Waals surface area contributed by atoms with E-state index in [9.17, 15) is 0 Å². The van der Waals surface area contributed by atoms with E-state index < -0.39 is 0 Å². The summed E-state index contributed by atoms with van der Waals surface area (Å²) in [6.45, 7) is 11.4. The van der Waals surface area contributed by atoms with Crippen LogP contribution in [0.15, 0.2) is 24.3 Å². The second kappa shape index (κ2) is 6.30. The normalized spacial score (nSPS) is 18.9. The summed E-state index contributed by atoms with van der Waals surface area (Å²) in [5.41, 5.74) is 3.07. The molecule has 1 aromatic rings. The second-order valence-corrected chi connectivity index (χ2v) is 7.54. The molecule has 0 aliphatic heterocycles. The first-order valence-corrected chi connectivity index (χ1v) is 8.26. The van der Waals surface area contributed by atoms with Crippen molar-refractivity contribution >= 4 is 0 Å². The van der Waals surface area contributed by atoms with Crippen LogP contribution in [0.25, 0.3) is 0 Å². The third-order valence-electron chi connectivity index (χ3n) is 4.57. The Balaban J connectivity index is 1.95. The van der Waals surface area contributed by atoms with Gasteiger partial charge in [-0.05, 0) is 42.2 Å². The molecule has 1 fully saturated rings. The first kappa shape index (κ1) is 15.6. The summed E-state index contributed by atoms with van der Waals surface area (Å²) in [4.78, 5) is 0. The summed E-state index contributed by atoms with van der Waals surface area (Å²) in [6, 6.07) is 10.3.